The van der Waals surface area contributed by atoms with E-state index in [-0.39, 0.29) is 17.7 Å². The molecule has 1 aromatic rings. The van der Waals surface area contributed by atoms with Gasteiger partial charge in [0.15, 0.2) is 0 Å². The van der Waals surface area contributed by atoms with Crippen LogP contribution in [0.2, 0.25) is 0 Å². The standard InChI is InChI=1S/C10H12FNO3/c1-15-10(14)8(12)5-6-7(11)3-2-4-9(6)13/h2-4,8,13H,5,12H2,1H3. The number of esters is 1. The predicted octanol–water partition coefficient (Wildman–Crippen LogP) is 0.574. The lowest BCUT2D eigenvalue weighted by Gasteiger charge is -2.10. The van der Waals surface area contributed by atoms with E-state index in [9.17, 15) is 14.3 Å². The summed E-state index contributed by atoms with van der Waals surface area (Å²) in [6.45, 7) is 0. The second-order valence-electron chi connectivity index (χ2n) is 3.07. The van der Waals surface area contributed by atoms with E-state index in [0.29, 0.717) is 0 Å². The Kier molecular flexibility index (Phi) is 3.62. The van der Waals surface area contributed by atoms with Crippen LogP contribution < -0.4 is 5.73 Å². The molecule has 1 unspecified atom stereocenters. The van der Waals surface area contributed by atoms with Crippen molar-refractivity contribution in [1.82, 2.24) is 0 Å². The molecule has 0 aromatic heterocycles. The normalized spacial score (nSPS) is 12.2. The van der Waals surface area contributed by atoms with E-state index >= 15 is 0 Å². The average molecular weight is 213 g/mol. The first-order valence-electron chi connectivity index (χ1n) is 4.36. The fraction of sp³-hybridized carbons (Fsp3) is 0.300. The second-order valence-corrected chi connectivity index (χ2v) is 3.07. The van der Waals surface area contributed by atoms with Crippen molar-refractivity contribution in [2.24, 2.45) is 5.73 Å². The number of methoxy groups -OCH3 is 1. The molecule has 0 saturated heterocycles. The highest BCUT2D eigenvalue weighted by Crippen LogP contribution is 2.21. The number of benzene rings is 1. The molecule has 0 amide bonds. The molecular weight excluding hydrogens is 201 g/mol. The van der Waals surface area contributed by atoms with Gasteiger partial charge in [-0.05, 0) is 12.1 Å². The molecule has 0 aliphatic heterocycles. The van der Waals surface area contributed by atoms with Crippen molar-refractivity contribution in [2.75, 3.05) is 7.11 Å². The number of hydrogen-bond donors (Lipinski definition) is 2. The first-order chi connectivity index (χ1) is 7.06. The Balaban J connectivity index is 2.85. The summed E-state index contributed by atoms with van der Waals surface area (Å²) in [5.41, 5.74) is 5.47. The zero-order chi connectivity index (χ0) is 11.4. The molecule has 0 spiro atoms. The Labute approximate surface area is 86.5 Å². The minimum absolute atomic E-state index is 0.0235. The summed E-state index contributed by atoms with van der Waals surface area (Å²) in [5, 5.41) is 9.35. The van der Waals surface area contributed by atoms with Crippen LogP contribution in [0.3, 0.4) is 0 Å². The number of carbonyl (C=O) groups is 1. The Bertz CT molecular complexity index is 347. The first-order valence-corrected chi connectivity index (χ1v) is 4.36. The molecule has 5 heteroatoms. The molecule has 0 saturated carbocycles. The number of phenols is 1. The molecular formula is C10H12FNO3. The van der Waals surface area contributed by atoms with Crippen molar-refractivity contribution >= 4 is 5.97 Å². The number of aromatic hydroxyl groups is 1. The molecule has 3 N–H and O–H groups in total. The van der Waals surface area contributed by atoms with Crippen LogP contribution in [0.25, 0.3) is 0 Å². The molecule has 4 nitrogen and oxygen atoms in total. The fourth-order valence-electron chi connectivity index (χ4n) is 1.20. The van der Waals surface area contributed by atoms with Gasteiger partial charge < -0.3 is 15.6 Å². The quantitative estimate of drug-likeness (QED) is 0.720. The number of phenolic OH excluding ortho intramolecular Hbond substituents is 1. The molecule has 0 aliphatic rings. The highest BCUT2D eigenvalue weighted by Gasteiger charge is 2.18. The lowest BCUT2D eigenvalue weighted by atomic mass is 10.1. The molecule has 0 aliphatic carbocycles. The van der Waals surface area contributed by atoms with Crippen LogP contribution in [0.15, 0.2) is 18.2 Å². The molecule has 1 atom stereocenters. The van der Waals surface area contributed by atoms with Crippen LogP contribution >= 0.6 is 0 Å². The maximum Gasteiger partial charge on any atom is 0.322 e. The summed E-state index contributed by atoms with van der Waals surface area (Å²) in [6, 6.07) is 2.93. The third kappa shape index (κ3) is 2.66. The monoisotopic (exact) mass is 213 g/mol. The molecule has 1 rings (SSSR count). The van der Waals surface area contributed by atoms with Gasteiger partial charge in [-0.2, -0.15) is 0 Å². The zero-order valence-electron chi connectivity index (χ0n) is 8.24. The number of hydrogen-bond acceptors (Lipinski definition) is 4. The Morgan fingerprint density at radius 1 is 1.67 bits per heavy atom. The van der Waals surface area contributed by atoms with Gasteiger partial charge in [0, 0.05) is 12.0 Å². The minimum Gasteiger partial charge on any atom is -0.508 e. The van der Waals surface area contributed by atoms with Gasteiger partial charge in [-0.15, -0.1) is 0 Å². The summed E-state index contributed by atoms with van der Waals surface area (Å²) in [4.78, 5) is 11.0. The maximum absolute atomic E-state index is 13.2. The van der Waals surface area contributed by atoms with Crippen LogP contribution in [-0.4, -0.2) is 24.2 Å². The van der Waals surface area contributed by atoms with E-state index in [1.807, 2.05) is 0 Å². The fourth-order valence-corrected chi connectivity index (χ4v) is 1.20. The van der Waals surface area contributed by atoms with Crippen LogP contribution in [0.4, 0.5) is 4.39 Å². The second kappa shape index (κ2) is 4.75. The number of rotatable bonds is 3. The van der Waals surface area contributed by atoms with E-state index in [0.717, 1.165) is 0 Å². The van der Waals surface area contributed by atoms with Gasteiger partial charge >= 0.3 is 5.97 Å². The highest BCUT2D eigenvalue weighted by molar-refractivity contribution is 5.75. The first kappa shape index (κ1) is 11.5. The molecule has 15 heavy (non-hydrogen) atoms. The van der Waals surface area contributed by atoms with E-state index < -0.39 is 17.8 Å². The van der Waals surface area contributed by atoms with E-state index in [2.05, 4.69) is 4.74 Å². The molecule has 0 heterocycles. The van der Waals surface area contributed by atoms with Crippen molar-refractivity contribution in [3.05, 3.63) is 29.6 Å². The van der Waals surface area contributed by atoms with E-state index in [1.165, 1.54) is 25.3 Å². The number of ether oxygens (including phenoxy) is 1. The molecule has 1 aromatic carbocycles. The summed E-state index contributed by atoms with van der Waals surface area (Å²) in [5.74, 6) is -1.44. The Hall–Kier alpha value is -1.62. The van der Waals surface area contributed by atoms with Crippen molar-refractivity contribution < 1.29 is 19.0 Å². The summed E-state index contributed by atoms with van der Waals surface area (Å²) in [7, 11) is 1.20. The number of nitrogens with two attached hydrogens (primary N) is 1. The van der Waals surface area contributed by atoms with Gasteiger partial charge in [0.2, 0.25) is 0 Å². The third-order valence-electron chi connectivity index (χ3n) is 2.02. The van der Waals surface area contributed by atoms with Gasteiger partial charge in [-0.25, -0.2) is 4.39 Å². The van der Waals surface area contributed by atoms with Gasteiger partial charge in [-0.1, -0.05) is 6.07 Å². The average Bonchev–Trinajstić information content (AvgIpc) is 2.22. The lowest BCUT2D eigenvalue weighted by Crippen LogP contribution is -2.33. The van der Waals surface area contributed by atoms with Crippen molar-refractivity contribution in [1.29, 1.82) is 0 Å². The van der Waals surface area contributed by atoms with E-state index in [1.54, 1.807) is 0 Å². The van der Waals surface area contributed by atoms with Crippen LogP contribution in [0.5, 0.6) is 5.75 Å². The number of halogens is 1. The van der Waals surface area contributed by atoms with Crippen molar-refractivity contribution in [3.63, 3.8) is 0 Å². The van der Waals surface area contributed by atoms with Crippen molar-refractivity contribution in [3.8, 4) is 5.75 Å². The van der Waals surface area contributed by atoms with Crippen molar-refractivity contribution in [2.45, 2.75) is 12.5 Å². The SMILES string of the molecule is COC(=O)C(N)Cc1c(O)cccc1F. The molecule has 0 radical (unpaired) electrons. The predicted molar refractivity (Wildman–Crippen MR) is 51.8 cm³/mol. The highest BCUT2D eigenvalue weighted by atomic mass is 19.1. The van der Waals surface area contributed by atoms with Crippen LogP contribution in [-0.2, 0) is 16.0 Å². The smallest absolute Gasteiger partial charge is 0.322 e. The summed E-state index contributed by atoms with van der Waals surface area (Å²) < 4.78 is 17.6. The van der Waals surface area contributed by atoms with Gasteiger partial charge in [0.25, 0.3) is 0 Å². The van der Waals surface area contributed by atoms with Gasteiger partial charge in [-0.3, -0.25) is 4.79 Å². The molecule has 0 bridgehead atoms. The van der Waals surface area contributed by atoms with Crippen LogP contribution in [0, 0.1) is 5.82 Å². The van der Waals surface area contributed by atoms with E-state index in [4.69, 9.17) is 5.73 Å². The maximum atomic E-state index is 13.2. The molecule has 0 fully saturated rings. The summed E-state index contributed by atoms with van der Waals surface area (Å²) in [6.07, 6.45) is -0.0921. The third-order valence-corrected chi connectivity index (χ3v) is 2.02. The largest absolute Gasteiger partial charge is 0.508 e. The van der Waals surface area contributed by atoms with Gasteiger partial charge in [0.05, 0.1) is 7.11 Å². The zero-order valence-corrected chi connectivity index (χ0v) is 8.24. The van der Waals surface area contributed by atoms with Gasteiger partial charge in [0.1, 0.15) is 17.6 Å². The topological polar surface area (TPSA) is 72.5 Å². The minimum atomic E-state index is -0.974. The summed E-state index contributed by atoms with van der Waals surface area (Å²) >= 11 is 0. The Morgan fingerprint density at radius 3 is 2.87 bits per heavy atom. The molecule has 82 valence electrons. The Morgan fingerprint density at radius 2 is 2.33 bits per heavy atom. The lowest BCUT2D eigenvalue weighted by molar-refractivity contribution is -0.142. The van der Waals surface area contributed by atoms with Crippen LogP contribution in [0.1, 0.15) is 5.56 Å². The number of carbonyl (C=O) groups excluding carboxylic acids is 1.